The number of nitrogens with zero attached hydrogens (tertiary/aromatic N) is 2. The molecule has 0 atom stereocenters. The predicted octanol–water partition coefficient (Wildman–Crippen LogP) is 4.45. The fourth-order valence-electron chi connectivity index (χ4n) is 3.59. The largest absolute Gasteiger partial charge is 0.337 e. The highest BCUT2D eigenvalue weighted by molar-refractivity contribution is 7.89. The predicted molar refractivity (Wildman–Crippen MR) is 121 cm³/mol. The van der Waals surface area contributed by atoms with Crippen LogP contribution in [0.3, 0.4) is 0 Å². The van der Waals surface area contributed by atoms with Gasteiger partial charge in [0.25, 0.3) is 5.91 Å². The van der Waals surface area contributed by atoms with Crippen LogP contribution >= 0.6 is 0 Å². The van der Waals surface area contributed by atoms with E-state index in [1.165, 1.54) is 10.4 Å². The lowest BCUT2D eigenvalue weighted by Gasteiger charge is -2.21. The van der Waals surface area contributed by atoms with Crippen molar-refractivity contribution in [3.8, 4) is 0 Å². The molecular formula is C24H28N2O3S. The average Bonchev–Trinajstić information content (AvgIpc) is 2.74. The molecule has 3 aromatic rings. The second kappa shape index (κ2) is 8.98. The van der Waals surface area contributed by atoms with Crippen LogP contribution < -0.4 is 0 Å². The molecule has 0 aromatic heterocycles. The van der Waals surface area contributed by atoms with Crippen LogP contribution in [0.15, 0.2) is 65.6 Å². The molecule has 0 bridgehead atoms. The maximum Gasteiger partial charge on any atom is 0.254 e. The number of hydrogen-bond acceptors (Lipinski definition) is 3. The van der Waals surface area contributed by atoms with Gasteiger partial charge in [0, 0.05) is 32.2 Å². The van der Waals surface area contributed by atoms with E-state index in [1.807, 2.05) is 37.3 Å². The SMILES string of the molecule is CCN(CC)S(=O)(=O)c1ccc(C)c(C(=O)N(C)Cc2ccc3ccccc3c2)c1. The molecular weight excluding hydrogens is 396 g/mol. The molecule has 3 aromatic carbocycles. The summed E-state index contributed by atoms with van der Waals surface area (Å²) < 4.78 is 27.1. The molecule has 0 N–H and O–H groups in total. The summed E-state index contributed by atoms with van der Waals surface area (Å²) in [5.41, 5.74) is 2.18. The first-order valence-corrected chi connectivity index (χ1v) is 11.6. The Labute approximate surface area is 179 Å². The summed E-state index contributed by atoms with van der Waals surface area (Å²) in [5, 5.41) is 2.28. The summed E-state index contributed by atoms with van der Waals surface area (Å²) >= 11 is 0. The van der Waals surface area contributed by atoms with Gasteiger partial charge in [-0.3, -0.25) is 4.79 Å². The van der Waals surface area contributed by atoms with E-state index in [9.17, 15) is 13.2 Å². The van der Waals surface area contributed by atoms with Gasteiger partial charge in [0.1, 0.15) is 0 Å². The van der Waals surface area contributed by atoms with Gasteiger partial charge < -0.3 is 4.90 Å². The lowest BCUT2D eigenvalue weighted by atomic mass is 10.1. The second-order valence-electron chi connectivity index (χ2n) is 7.41. The Morgan fingerprint density at radius 1 is 0.900 bits per heavy atom. The van der Waals surface area contributed by atoms with Gasteiger partial charge in [-0.25, -0.2) is 8.42 Å². The Bertz CT molecular complexity index is 1170. The molecule has 3 rings (SSSR count). The summed E-state index contributed by atoms with van der Waals surface area (Å²) in [6.07, 6.45) is 0. The molecule has 0 aliphatic rings. The fraction of sp³-hybridized carbons (Fsp3) is 0.292. The van der Waals surface area contributed by atoms with Gasteiger partial charge in [0.15, 0.2) is 0 Å². The molecule has 1 amide bonds. The number of amides is 1. The van der Waals surface area contributed by atoms with Gasteiger partial charge in [-0.05, 0) is 47.0 Å². The van der Waals surface area contributed by atoms with Crippen LogP contribution in [0, 0.1) is 6.92 Å². The van der Waals surface area contributed by atoms with Crippen molar-refractivity contribution in [3.63, 3.8) is 0 Å². The lowest BCUT2D eigenvalue weighted by molar-refractivity contribution is 0.0784. The molecule has 0 saturated heterocycles. The normalized spacial score (nSPS) is 11.8. The molecule has 158 valence electrons. The topological polar surface area (TPSA) is 57.7 Å². The highest BCUT2D eigenvalue weighted by atomic mass is 32.2. The number of sulfonamides is 1. The Morgan fingerprint density at radius 2 is 1.57 bits per heavy atom. The fourth-order valence-corrected chi connectivity index (χ4v) is 5.08. The zero-order valence-electron chi connectivity index (χ0n) is 17.9. The summed E-state index contributed by atoms with van der Waals surface area (Å²) in [6.45, 7) is 6.65. The van der Waals surface area contributed by atoms with Crippen molar-refractivity contribution in [2.75, 3.05) is 20.1 Å². The molecule has 30 heavy (non-hydrogen) atoms. The number of fused-ring (bicyclic) bond motifs is 1. The van der Waals surface area contributed by atoms with E-state index in [1.54, 1.807) is 37.9 Å². The van der Waals surface area contributed by atoms with Crippen molar-refractivity contribution >= 4 is 26.7 Å². The Kier molecular flexibility index (Phi) is 6.58. The van der Waals surface area contributed by atoms with E-state index in [-0.39, 0.29) is 10.8 Å². The van der Waals surface area contributed by atoms with Crippen LogP contribution in [0.25, 0.3) is 10.8 Å². The monoisotopic (exact) mass is 424 g/mol. The highest BCUT2D eigenvalue weighted by Gasteiger charge is 2.24. The van der Waals surface area contributed by atoms with Crippen LogP contribution in [0.5, 0.6) is 0 Å². The Morgan fingerprint density at radius 3 is 2.23 bits per heavy atom. The van der Waals surface area contributed by atoms with E-state index in [4.69, 9.17) is 0 Å². The zero-order chi connectivity index (χ0) is 21.9. The second-order valence-corrected chi connectivity index (χ2v) is 9.35. The smallest absolute Gasteiger partial charge is 0.254 e. The van der Waals surface area contributed by atoms with Gasteiger partial charge in [0.2, 0.25) is 10.0 Å². The highest BCUT2D eigenvalue weighted by Crippen LogP contribution is 2.22. The molecule has 0 spiro atoms. The standard InChI is InChI=1S/C24H28N2O3S/c1-5-26(6-2)30(28,29)22-14-11-18(3)23(16-22)24(27)25(4)17-19-12-13-20-9-7-8-10-21(20)15-19/h7-16H,5-6,17H2,1-4H3. The molecule has 0 unspecified atom stereocenters. The first-order valence-electron chi connectivity index (χ1n) is 10.1. The summed E-state index contributed by atoms with van der Waals surface area (Å²) in [7, 11) is -1.88. The summed E-state index contributed by atoms with van der Waals surface area (Å²) in [4.78, 5) is 14.9. The molecule has 0 aliphatic carbocycles. The number of hydrogen-bond donors (Lipinski definition) is 0. The van der Waals surface area contributed by atoms with Crippen molar-refractivity contribution in [1.82, 2.24) is 9.21 Å². The van der Waals surface area contributed by atoms with E-state index in [0.29, 0.717) is 25.2 Å². The minimum Gasteiger partial charge on any atom is -0.337 e. The third-order valence-corrected chi connectivity index (χ3v) is 7.41. The first-order chi connectivity index (χ1) is 14.3. The molecule has 5 nitrogen and oxygen atoms in total. The zero-order valence-corrected chi connectivity index (χ0v) is 18.7. The maximum absolute atomic E-state index is 13.1. The van der Waals surface area contributed by atoms with Gasteiger partial charge in [0.05, 0.1) is 4.90 Å². The van der Waals surface area contributed by atoms with Gasteiger partial charge >= 0.3 is 0 Å². The van der Waals surface area contributed by atoms with Crippen LogP contribution in [-0.2, 0) is 16.6 Å². The molecule has 0 heterocycles. The molecule has 0 saturated carbocycles. The van der Waals surface area contributed by atoms with Crippen LogP contribution in [0.2, 0.25) is 0 Å². The number of aryl methyl sites for hydroxylation is 1. The lowest BCUT2D eigenvalue weighted by Crippen LogP contribution is -2.31. The average molecular weight is 425 g/mol. The van der Waals surface area contributed by atoms with Crippen molar-refractivity contribution in [3.05, 3.63) is 77.4 Å². The van der Waals surface area contributed by atoms with Crippen molar-refractivity contribution < 1.29 is 13.2 Å². The van der Waals surface area contributed by atoms with Crippen molar-refractivity contribution in [2.24, 2.45) is 0 Å². The van der Waals surface area contributed by atoms with Gasteiger partial charge in [-0.15, -0.1) is 0 Å². The van der Waals surface area contributed by atoms with Crippen molar-refractivity contribution in [1.29, 1.82) is 0 Å². The minimum atomic E-state index is -3.62. The Balaban J connectivity index is 1.88. The molecule has 0 fully saturated rings. The van der Waals surface area contributed by atoms with Gasteiger partial charge in [-0.1, -0.05) is 56.3 Å². The first kappa shape index (κ1) is 22.0. The van der Waals surface area contributed by atoms with E-state index in [2.05, 4.69) is 12.1 Å². The number of benzene rings is 3. The third-order valence-electron chi connectivity index (χ3n) is 5.36. The van der Waals surface area contributed by atoms with Crippen LogP contribution in [0.1, 0.15) is 35.3 Å². The van der Waals surface area contributed by atoms with E-state index < -0.39 is 10.0 Å². The minimum absolute atomic E-state index is 0.152. The number of rotatable bonds is 7. The maximum atomic E-state index is 13.1. The van der Waals surface area contributed by atoms with Crippen molar-refractivity contribution in [2.45, 2.75) is 32.2 Å². The van der Waals surface area contributed by atoms with Crippen LogP contribution in [-0.4, -0.2) is 43.7 Å². The molecule has 0 radical (unpaired) electrons. The Hall–Kier alpha value is -2.70. The molecule has 6 heteroatoms. The third kappa shape index (κ3) is 4.40. The number of carbonyl (C=O) groups excluding carboxylic acids is 1. The van der Waals surface area contributed by atoms with E-state index >= 15 is 0 Å². The molecule has 0 aliphatic heterocycles. The van der Waals surface area contributed by atoms with Gasteiger partial charge in [-0.2, -0.15) is 4.31 Å². The summed E-state index contributed by atoms with van der Waals surface area (Å²) in [6, 6.07) is 19.0. The quantitative estimate of drug-likeness (QED) is 0.563. The van der Waals surface area contributed by atoms with Crippen LogP contribution in [0.4, 0.5) is 0 Å². The summed E-state index contributed by atoms with van der Waals surface area (Å²) in [5.74, 6) is -0.197. The van der Waals surface area contributed by atoms with E-state index in [0.717, 1.165) is 21.9 Å². The number of carbonyl (C=O) groups is 1.